The summed E-state index contributed by atoms with van der Waals surface area (Å²) in [5.41, 5.74) is 0.555. The third kappa shape index (κ3) is 5.50. The van der Waals surface area contributed by atoms with E-state index in [0.29, 0.717) is 32.7 Å². The maximum atomic E-state index is 12.4. The molecule has 10 heteroatoms. The molecule has 0 spiro atoms. The summed E-state index contributed by atoms with van der Waals surface area (Å²) in [6.45, 7) is 3.33. The van der Waals surface area contributed by atoms with Crippen molar-refractivity contribution in [1.82, 2.24) is 0 Å². The standard InChI is InChI=1S/C11H15IO6S2.Na/c1-7-4-10(19-18-17-13)9(16-3)5-11(7)20(14,15)8(2)6-12;/h4-5,8,13H,6H2,1-3H3;/q;+1/p-1. The number of hydrogen-bond acceptors (Lipinski definition) is 7. The molecule has 0 bridgehead atoms. The van der Waals surface area contributed by atoms with E-state index in [1.54, 1.807) is 19.9 Å². The minimum atomic E-state index is -3.42. The molecule has 1 aromatic rings. The molecule has 0 aromatic heterocycles. The molecule has 0 N–H and O–H groups in total. The maximum Gasteiger partial charge on any atom is 1.00 e. The van der Waals surface area contributed by atoms with Crippen molar-refractivity contribution in [3.63, 3.8) is 0 Å². The first kappa shape index (κ1) is 21.9. The molecule has 0 aliphatic rings. The Morgan fingerprint density at radius 3 is 2.52 bits per heavy atom. The Morgan fingerprint density at radius 1 is 1.43 bits per heavy atom. The molecule has 1 atom stereocenters. The fraction of sp³-hybridized carbons (Fsp3) is 0.455. The number of ether oxygens (including phenoxy) is 1. The SMILES string of the molecule is COc1cc(S(=O)(=O)C(C)CI)c(C)cc1SOO[O-].[Na+]. The van der Waals surface area contributed by atoms with Crippen LogP contribution in [0.2, 0.25) is 0 Å². The van der Waals surface area contributed by atoms with E-state index in [4.69, 9.17) is 4.74 Å². The van der Waals surface area contributed by atoms with Crippen LogP contribution >= 0.6 is 34.6 Å². The molecule has 0 aliphatic heterocycles. The molecule has 1 aromatic carbocycles. The van der Waals surface area contributed by atoms with Crippen molar-refractivity contribution in [2.45, 2.75) is 28.9 Å². The number of sulfone groups is 1. The van der Waals surface area contributed by atoms with E-state index in [0.717, 1.165) is 0 Å². The van der Waals surface area contributed by atoms with Crippen molar-refractivity contribution in [3.05, 3.63) is 17.7 Å². The second-order valence-corrected chi connectivity index (χ2v) is 7.96. The van der Waals surface area contributed by atoms with Crippen LogP contribution in [0.5, 0.6) is 5.75 Å². The minimum Gasteiger partial charge on any atom is -0.691 e. The van der Waals surface area contributed by atoms with E-state index >= 15 is 0 Å². The summed E-state index contributed by atoms with van der Waals surface area (Å²) in [5.74, 6) is 0.303. The van der Waals surface area contributed by atoms with Crippen LogP contribution in [0, 0.1) is 6.92 Å². The molecule has 6 nitrogen and oxygen atoms in total. The molecule has 1 rings (SSSR count). The topological polar surface area (TPSA) is 84.9 Å². The normalized spacial score (nSPS) is 12.6. The van der Waals surface area contributed by atoms with E-state index in [1.807, 2.05) is 22.6 Å². The van der Waals surface area contributed by atoms with Crippen molar-refractivity contribution < 1.29 is 57.3 Å². The Kier molecular flexibility index (Phi) is 10.4. The monoisotopic (exact) mass is 456 g/mol. The maximum absolute atomic E-state index is 12.4. The van der Waals surface area contributed by atoms with Gasteiger partial charge in [-0.3, -0.25) is 5.04 Å². The van der Waals surface area contributed by atoms with Gasteiger partial charge in [0.15, 0.2) is 9.84 Å². The number of aryl methyl sites for hydroxylation is 1. The van der Waals surface area contributed by atoms with E-state index < -0.39 is 15.1 Å². The first-order valence-corrected chi connectivity index (χ1v) is 9.31. The van der Waals surface area contributed by atoms with Crippen LogP contribution in [-0.4, -0.2) is 25.2 Å². The van der Waals surface area contributed by atoms with Crippen molar-refractivity contribution in [3.8, 4) is 5.75 Å². The summed E-state index contributed by atoms with van der Waals surface area (Å²) in [5, 5.41) is 12.6. The van der Waals surface area contributed by atoms with Gasteiger partial charge in [-0.1, -0.05) is 22.6 Å². The number of methoxy groups -OCH3 is 1. The molecule has 0 heterocycles. The Labute approximate surface area is 164 Å². The van der Waals surface area contributed by atoms with E-state index in [1.165, 1.54) is 13.2 Å². The second kappa shape index (κ2) is 9.93. The van der Waals surface area contributed by atoms with Crippen molar-refractivity contribution in [1.29, 1.82) is 0 Å². The van der Waals surface area contributed by atoms with Gasteiger partial charge in [-0.2, -0.15) is 4.33 Å². The molecule has 21 heavy (non-hydrogen) atoms. The summed E-state index contributed by atoms with van der Waals surface area (Å²) in [6, 6.07) is 3.01. The van der Waals surface area contributed by atoms with Gasteiger partial charge in [-0.05, 0) is 25.5 Å². The van der Waals surface area contributed by atoms with Crippen LogP contribution in [-0.2, 0) is 19.2 Å². The summed E-state index contributed by atoms with van der Waals surface area (Å²) < 4.78 is 34.7. The summed E-state index contributed by atoms with van der Waals surface area (Å²) >= 11 is 2.70. The number of halogens is 1. The predicted octanol–water partition coefficient (Wildman–Crippen LogP) is -1.16. The van der Waals surface area contributed by atoms with E-state index in [9.17, 15) is 13.7 Å². The first-order valence-electron chi connectivity index (χ1n) is 5.50. The Morgan fingerprint density at radius 2 is 2.05 bits per heavy atom. The number of hydrogen-bond donors (Lipinski definition) is 0. The molecule has 0 saturated carbocycles. The first-order chi connectivity index (χ1) is 9.38. The zero-order chi connectivity index (χ0) is 15.3. The van der Waals surface area contributed by atoms with Crippen LogP contribution < -0.4 is 39.6 Å². The fourth-order valence-corrected chi connectivity index (χ4v) is 4.87. The molecule has 1 unspecified atom stereocenters. The molecule has 0 aliphatic carbocycles. The largest absolute Gasteiger partial charge is 1.00 e. The van der Waals surface area contributed by atoms with Crippen molar-refractivity contribution in [2.75, 3.05) is 11.5 Å². The van der Waals surface area contributed by atoms with Crippen LogP contribution in [0.4, 0.5) is 0 Å². The van der Waals surface area contributed by atoms with E-state index in [-0.39, 0.29) is 34.5 Å². The van der Waals surface area contributed by atoms with Crippen LogP contribution in [0.15, 0.2) is 21.9 Å². The number of rotatable bonds is 7. The van der Waals surface area contributed by atoms with Gasteiger partial charge in [0, 0.05) is 10.5 Å². The summed E-state index contributed by atoms with van der Waals surface area (Å²) in [6.07, 6.45) is 0. The van der Waals surface area contributed by atoms with Gasteiger partial charge < -0.3 is 9.99 Å². The van der Waals surface area contributed by atoms with Gasteiger partial charge >= 0.3 is 29.6 Å². The Balaban J connectivity index is 0.00000400. The summed E-state index contributed by atoms with van der Waals surface area (Å²) in [7, 11) is -2.01. The van der Waals surface area contributed by atoms with Gasteiger partial charge in [-0.25, -0.2) is 8.42 Å². The molecule has 0 saturated heterocycles. The van der Waals surface area contributed by atoms with E-state index in [2.05, 4.69) is 9.37 Å². The summed E-state index contributed by atoms with van der Waals surface area (Å²) in [4.78, 5) is 0.674. The van der Waals surface area contributed by atoms with Gasteiger partial charge in [0.25, 0.3) is 0 Å². The third-order valence-corrected chi connectivity index (χ3v) is 7.49. The Hall–Kier alpha value is 0.930. The zero-order valence-corrected chi connectivity index (χ0v) is 17.9. The van der Waals surface area contributed by atoms with Crippen LogP contribution in [0.25, 0.3) is 0 Å². The zero-order valence-electron chi connectivity index (χ0n) is 12.1. The quantitative estimate of drug-likeness (QED) is 0.128. The van der Waals surface area contributed by atoms with Crippen molar-refractivity contribution in [2.24, 2.45) is 0 Å². The van der Waals surface area contributed by atoms with Crippen molar-refractivity contribution >= 4 is 44.5 Å². The molecule has 0 radical (unpaired) electrons. The van der Waals surface area contributed by atoms with Gasteiger partial charge in [0.1, 0.15) is 5.75 Å². The Bertz CT molecular complexity index is 566. The number of benzene rings is 1. The van der Waals surface area contributed by atoms with Gasteiger partial charge in [-0.15, -0.1) is 0 Å². The minimum absolute atomic E-state index is 0. The number of alkyl halides is 1. The third-order valence-electron chi connectivity index (χ3n) is 2.67. The average molecular weight is 456 g/mol. The molecular formula is C11H14INaO6S2. The smallest absolute Gasteiger partial charge is 0.691 e. The van der Waals surface area contributed by atoms with Gasteiger partial charge in [0.05, 0.1) is 34.2 Å². The van der Waals surface area contributed by atoms with Gasteiger partial charge in [0.2, 0.25) is 0 Å². The fourth-order valence-electron chi connectivity index (χ4n) is 1.52. The molecular weight excluding hydrogens is 442 g/mol. The van der Waals surface area contributed by atoms with Crippen LogP contribution in [0.3, 0.4) is 0 Å². The molecule has 0 fully saturated rings. The average Bonchev–Trinajstić information content (AvgIpc) is 2.43. The second-order valence-electron chi connectivity index (χ2n) is 4.00. The predicted molar refractivity (Wildman–Crippen MR) is 81.3 cm³/mol. The molecule has 0 amide bonds. The molecule has 114 valence electrons. The van der Waals surface area contributed by atoms with Crippen LogP contribution in [0.1, 0.15) is 12.5 Å².